The van der Waals surface area contributed by atoms with E-state index in [0.717, 1.165) is 31.5 Å². The minimum atomic E-state index is -3.80. The lowest BCUT2D eigenvalue weighted by atomic mass is 9.72. The maximum Gasteiger partial charge on any atom is 0.267 e. The van der Waals surface area contributed by atoms with Crippen LogP contribution in [-0.2, 0) is 28.3 Å². The Balaban J connectivity index is 1.26. The molecule has 0 saturated heterocycles. The fourth-order valence-corrected chi connectivity index (χ4v) is 7.92. The molecule has 40 heavy (non-hydrogen) atoms. The normalized spacial score (nSPS) is 17.6. The third-order valence-corrected chi connectivity index (χ3v) is 10.6. The van der Waals surface area contributed by atoms with Crippen LogP contribution >= 0.6 is 11.6 Å². The van der Waals surface area contributed by atoms with E-state index in [2.05, 4.69) is 15.6 Å². The van der Waals surface area contributed by atoms with Gasteiger partial charge in [-0.05, 0) is 54.3 Å². The van der Waals surface area contributed by atoms with Crippen LogP contribution in [0.25, 0.3) is 0 Å². The highest BCUT2D eigenvalue weighted by Gasteiger charge is 2.38. The number of carbonyl (C=O) groups is 1. The highest BCUT2D eigenvalue weighted by molar-refractivity contribution is 7.91. The molecular weight excluding hydrogens is 546 g/mol. The number of methoxy groups -OCH3 is 1. The predicted octanol–water partition coefficient (Wildman–Crippen LogP) is 6.31. The Hall–Kier alpha value is -2.81. The fraction of sp³-hybridized carbons (Fsp3) is 0.452. The number of sulfone groups is 1. The van der Waals surface area contributed by atoms with Crippen LogP contribution in [0.4, 0.5) is 0 Å². The lowest BCUT2D eigenvalue weighted by molar-refractivity contribution is 0.0946. The average Bonchev–Trinajstić information content (AvgIpc) is 3.41. The number of H-pyrrole nitrogens is 1. The average molecular weight is 584 g/mol. The molecule has 9 heteroatoms. The molecule has 0 unspecified atom stereocenters. The molecule has 2 aromatic carbocycles. The van der Waals surface area contributed by atoms with Crippen LogP contribution in [0.5, 0.6) is 5.75 Å². The van der Waals surface area contributed by atoms with Gasteiger partial charge < -0.3 is 20.4 Å². The summed E-state index contributed by atoms with van der Waals surface area (Å²) < 4.78 is 31.3. The van der Waals surface area contributed by atoms with E-state index in [-0.39, 0.29) is 32.7 Å². The van der Waals surface area contributed by atoms with Crippen LogP contribution in [-0.4, -0.2) is 33.0 Å². The van der Waals surface area contributed by atoms with Gasteiger partial charge in [0.25, 0.3) is 5.91 Å². The van der Waals surface area contributed by atoms with Gasteiger partial charge in [-0.15, -0.1) is 0 Å². The van der Waals surface area contributed by atoms with Gasteiger partial charge in [-0.25, -0.2) is 8.42 Å². The maximum absolute atomic E-state index is 13.1. The standard InChI is InChI=1S/C31H38ClN3O4S/c1-39-24-11-14-28(26(32)18-24)40(37,38)25-12-9-22(10-13-25)19-34-30(36)27-17-23-20-33-21-31(29(23)35-27)15-7-5-3-2-4-6-8-16-31/h9-14,17-18,33,35H,2-8,15-16,19-21H2,1H3,(H,34,36). The SMILES string of the molecule is COc1ccc(S(=O)(=O)c2ccc(CNC(=O)c3cc4c([nH]3)C3(CCCCCCCCC3)CNC4)cc2)c(Cl)c1. The number of fused-ring (bicyclic) bond motifs is 2. The Kier molecular flexibility index (Phi) is 8.88. The van der Waals surface area contributed by atoms with Crippen molar-refractivity contribution in [1.82, 2.24) is 15.6 Å². The zero-order valence-corrected chi connectivity index (χ0v) is 24.6. The first kappa shape index (κ1) is 28.7. The summed E-state index contributed by atoms with van der Waals surface area (Å²) in [5.41, 5.74) is 3.88. The van der Waals surface area contributed by atoms with Crippen LogP contribution < -0.4 is 15.4 Å². The first-order chi connectivity index (χ1) is 19.3. The van der Waals surface area contributed by atoms with Crippen LogP contribution in [0, 0.1) is 0 Å². The van der Waals surface area contributed by atoms with Crippen LogP contribution in [0.1, 0.15) is 85.1 Å². The molecule has 1 aliphatic heterocycles. The van der Waals surface area contributed by atoms with E-state index in [0.29, 0.717) is 11.4 Å². The molecule has 2 heterocycles. The van der Waals surface area contributed by atoms with Gasteiger partial charge in [0.2, 0.25) is 9.84 Å². The van der Waals surface area contributed by atoms with Crippen molar-refractivity contribution in [2.24, 2.45) is 0 Å². The molecule has 1 spiro atoms. The molecule has 2 aliphatic rings. The fourth-order valence-electron chi connectivity index (χ4n) is 6.14. The van der Waals surface area contributed by atoms with Gasteiger partial charge in [0.1, 0.15) is 11.4 Å². The van der Waals surface area contributed by atoms with Crippen molar-refractivity contribution in [2.45, 2.75) is 86.1 Å². The van der Waals surface area contributed by atoms with Gasteiger partial charge in [-0.1, -0.05) is 68.7 Å². The summed E-state index contributed by atoms with van der Waals surface area (Å²) in [4.78, 5) is 16.8. The number of halogens is 1. The summed E-state index contributed by atoms with van der Waals surface area (Å²) in [5.74, 6) is 0.325. The Labute approximate surface area is 242 Å². The highest BCUT2D eigenvalue weighted by atomic mass is 35.5. The summed E-state index contributed by atoms with van der Waals surface area (Å²) in [6.07, 6.45) is 11.3. The van der Waals surface area contributed by atoms with Crippen molar-refractivity contribution in [3.63, 3.8) is 0 Å². The molecule has 5 rings (SSSR count). The number of benzene rings is 2. The minimum Gasteiger partial charge on any atom is -0.497 e. The highest BCUT2D eigenvalue weighted by Crippen LogP contribution is 2.40. The molecule has 3 N–H and O–H groups in total. The summed E-state index contributed by atoms with van der Waals surface area (Å²) in [6.45, 7) is 2.02. The zero-order chi connectivity index (χ0) is 28.2. The maximum atomic E-state index is 13.1. The van der Waals surface area contributed by atoms with Crippen molar-refractivity contribution < 1.29 is 17.9 Å². The number of hydrogen-bond acceptors (Lipinski definition) is 5. The predicted molar refractivity (Wildman–Crippen MR) is 157 cm³/mol. The van der Waals surface area contributed by atoms with E-state index in [9.17, 15) is 13.2 Å². The third kappa shape index (κ3) is 6.09. The van der Waals surface area contributed by atoms with Gasteiger partial charge >= 0.3 is 0 Å². The Bertz CT molecular complexity index is 1440. The monoisotopic (exact) mass is 583 g/mol. The van der Waals surface area contributed by atoms with Crippen molar-refractivity contribution >= 4 is 27.3 Å². The number of nitrogens with one attached hydrogen (secondary N) is 3. The molecule has 1 saturated carbocycles. The third-order valence-electron chi connectivity index (χ3n) is 8.38. The number of aromatic nitrogens is 1. The molecule has 3 aromatic rings. The van der Waals surface area contributed by atoms with Crippen molar-refractivity contribution in [2.75, 3.05) is 13.7 Å². The molecule has 0 atom stereocenters. The molecule has 7 nitrogen and oxygen atoms in total. The first-order valence-electron chi connectivity index (χ1n) is 14.2. The van der Waals surface area contributed by atoms with Crippen LogP contribution in [0.3, 0.4) is 0 Å². The van der Waals surface area contributed by atoms with Crippen LogP contribution in [0.15, 0.2) is 58.3 Å². The summed E-state index contributed by atoms with van der Waals surface area (Å²) in [6, 6.07) is 13.0. The number of amides is 1. The first-order valence-corrected chi connectivity index (χ1v) is 16.1. The van der Waals surface area contributed by atoms with Gasteiger partial charge in [0.15, 0.2) is 0 Å². The Morgan fingerprint density at radius 3 is 2.30 bits per heavy atom. The number of carbonyl (C=O) groups excluding carboxylic acids is 1. The molecule has 214 valence electrons. The topological polar surface area (TPSA) is 100 Å². The second kappa shape index (κ2) is 12.4. The van der Waals surface area contributed by atoms with Gasteiger partial charge in [0, 0.05) is 36.8 Å². The smallest absolute Gasteiger partial charge is 0.267 e. The largest absolute Gasteiger partial charge is 0.497 e. The second-order valence-electron chi connectivity index (χ2n) is 11.1. The molecule has 1 amide bonds. The Morgan fingerprint density at radius 2 is 1.65 bits per heavy atom. The zero-order valence-electron chi connectivity index (χ0n) is 23.0. The number of ether oxygens (including phenoxy) is 1. The van der Waals surface area contributed by atoms with E-state index >= 15 is 0 Å². The summed E-state index contributed by atoms with van der Waals surface area (Å²) in [7, 11) is -2.30. The molecule has 1 aromatic heterocycles. The lowest BCUT2D eigenvalue weighted by Crippen LogP contribution is -2.43. The minimum absolute atomic E-state index is 0.0227. The quantitative estimate of drug-likeness (QED) is 0.316. The van der Waals surface area contributed by atoms with Crippen molar-refractivity contribution in [3.8, 4) is 5.75 Å². The van der Waals surface area contributed by atoms with E-state index in [4.69, 9.17) is 16.3 Å². The molecule has 0 bridgehead atoms. The summed E-state index contributed by atoms with van der Waals surface area (Å²) >= 11 is 6.22. The van der Waals surface area contributed by atoms with Crippen molar-refractivity contribution in [3.05, 3.63) is 76.1 Å². The number of aromatic amines is 1. The Morgan fingerprint density at radius 1 is 0.975 bits per heavy atom. The molecular formula is C31H38ClN3O4S. The van der Waals surface area contributed by atoms with Gasteiger partial charge in [0.05, 0.1) is 21.9 Å². The summed E-state index contributed by atoms with van der Waals surface area (Å²) in [5, 5.41) is 6.72. The van der Waals surface area contributed by atoms with E-state index in [1.54, 1.807) is 30.3 Å². The van der Waals surface area contributed by atoms with E-state index in [1.165, 1.54) is 75.4 Å². The van der Waals surface area contributed by atoms with E-state index in [1.807, 2.05) is 6.07 Å². The van der Waals surface area contributed by atoms with E-state index < -0.39 is 9.84 Å². The van der Waals surface area contributed by atoms with Gasteiger partial charge in [-0.2, -0.15) is 0 Å². The lowest BCUT2D eigenvalue weighted by Gasteiger charge is -2.38. The van der Waals surface area contributed by atoms with Crippen LogP contribution in [0.2, 0.25) is 5.02 Å². The van der Waals surface area contributed by atoms with Gasteiger partial charge in [-0.3, -0.25) is 4.79 Å². The molecule has 1 fully saturated rings. The molecule has 0 radical (unpaired) electrons. The van der Waals surface area contributed by atoms with Crippen molar-refractivity contribution in [1.29, 1.82) is 0 Å². The molecule has 1 aliphatic carbocycles. The number of rotatable bonds is 6. The number of hydrogen-bond donors (Lipinski definition) is 3. The second-order valence-corrected chi connectivity index (χ2v) is 13.4.